The van der Waals surface area contributed by atoms with E-state index in [-0.39, 0.29) is 50.6 Å². The van der Waals surface area contributed by atoms with Crippen LogP contribution in [0.15, 0.2) is 0 Å². The Labute approximate surface area is 667 Å². The molecule has 0 fully saturated rings. The summed E-state index contributed by atoms with van der Waals surface area (Å²) < 4.78 is 0. The van der Waals surface area contributed by atoms with Gasteiger partial charge in [0, 0.05) is 11.9 Å². The number of aliphatic carboxylic acids is 2. The van der Waals surface area contributed by atoms with Gasteiger partial charge in [-0.25, -0.2) is 0 Å². The number of carbonyl (C=O) groups excluding carboxylic acids is 2. The second-order valence-corrected chi connectivity index (χ2v) is 32.8. The number of carboxylic acids is 2. The van der Waals surface area contributed by atoms with Gasteiger partial charge in [-0.05, 0) is 103 Å². The molecule has 0 aliphatic heterocycles. The van der Waals surface area contributed by atoms with Crippen LogP contribution in [0.5, 0.6) is 0 Å². The van der Waals surface area contributed by atoms with Crippen LogP contribution in [0.2, 0.25) is 0 Å². The molecule has 0 atom stereocenters. The Bertz CT molecular complexity index is 1270. The van der Waals surface area contributed by atoms with Crippen LogP contribution in [0.25, 0.3) is 0 Å². The molecule has 0 aliphatic rings. The third-order valence-electron chi connectivity index (χ3n) is 22.5. The molecule has 0 saturated heterocycles. The Morgan fingerprint density at radius 2 is 0.248 bits per heavy atom. The van der Waals surface area contributed by atoms with Crippen molar-refractivity contribution in [2.24, 2.45) is 0 Å². The number of rotatable bonds is 90. The molecule has 0 aromatic heterocycles. The van der Waals surface area contributed by atoms with Crippen molar-refractivity contribution in [2.45, 2.75) is 554 Å². The third kappa shape index (κ3) is 100. The molecule has 0 N–H and O–H groups in total. The standard InChI is InChI=1S/2C47H95NO2.Ca/c2*1-3-5-7-9-11-13-15-17-19-21-23-25-27-29-31-33-35-37-40-44-48(46-42-39-43-47(49)50)45-41-38-36-34-32-30-28-26-24-22-20-18-16-14-12-10-8-6-4-2;/h2*3-46H2,1-2H3,(H,49,50);/q;;+2/p-2. The largest absolute Gasteiger partial charge is 2.00 e. The van der Waals surface area contributed by atoms with E-state index in [1.807, 2.05) is 0 Å². The molecule has 0 radical (unpaired) electrons. The summed E-state index contributed by atoms with van der Waals surface area (Å²) in [5, 5.41) is 21.7. The Kier molecular flexibility index (Phi) is 102. The fourth-order valence-corrected chi connectivity index (χ4v) is 15.5. The smallest absolute Gasteiger partial charge is 0.550 e. The van der Waals surface area contributed by atoms with Crippen LogP contribution in [0.1, 0.15) is 554 Å². The van der Waals surface area contributed by atoms with E-state index in [1.54, 1.807) is 0 Å². The molecule has 0 rings (SSSR count). The first-order valence-corrected chi connectivity index (χ1v) is 47.2. The van der Waals surface area contributed by atoms with Gasteiger partial charge in [0.15, 0.2) is 0 Å². The number of unbranched alkanes of at least 4 members (excludes halogenated alkanes) is 74. The van der Waals surface area contributed by atoms with Gasteiger partial charge in [-0.1, -0.05) is 490 Å². The molecular weight excluding hydrogens is 1260 g/mol. The van der Waals surface area contributed by atoms with E-state index in [0.29, 0.717) is 0 Å². The molecule has 0 unspecified atom stereocenters. The molecule has 0 aromatic rings. The van der Waals surface area contributed by atoms with Crippen molar-refractivity contribution < 1.29 is 19.8 Å². The topological polar surface area (TPSA) is 86.7 Å². The van der Waals surface area contributed by atoms with E-state index >= 15 is 0 Å². The van der Waals surface area contributed by atoms with Gasteiger partial charge in [-0.2, -0.15) is 0 Å². The van der Waals surface area contributed by atoms with Crippen molar-refractivity contribution in [1.29, 1.82) is 0 Å². The molecule has 0 amide bonds. The summed E-state index contributed by atoms with van der Waals surface area (Å²) in [5.41, 5.74) is 0. The average molecular weight is 1450 g/mol. The van der Waals surface area contributed by atoms with Crippen molar-refractivity contribution in [1.82, 2.24) is 9.80 Å². The van der Waals surface area contributed by atoms with Crippen LogP contribution in [-0.4, -0.2) is 98.7 Å². The zero-order valence-corrected chi connectivity index (χ0v) is 72.7. The van der Waals surface area contributed by atoms with Crippen LogP contribution in [-0.2, 0) is 9.59 Å². The van der Waals surface area contributed by atoms with Gasteiger partial charge < -0.3 is 29.6 Å². The average Bonchev–Trinajstić information content (AvgIpc) is 3.73. The molecule has 0 aliphatic carbocycles. The molecule has 0 heterocycles. The summed E-state index contributed by atoms with van der Waals surface area (Å²) in [5.74, 6) is -1.79. The van der Waals surface area contributed by atoms with Gasteiger partial charge in [0.2, 0.25) is 0 Å². The van der Waals surface area contributed by atoms with E-state index in [4.69, 9.17) is 0 Å². The Hall–Kier alpha value is 0.120. The SMILES string of the molecule is CCCCCCCCCCCCCCCCCCCCCN(CCCCCCCCCCCCCCCCCCCCC)CCCCC(=O)[O-].CCCCCCCCCCCCCCCCCCCCCN(CCCCCCCCCCCCCCCCCCCCC)CCCCC(=O)[O-].[Ca+2]. The third-order valence-corrected chi connectivity index (χ3v) is 22.5. The summed E-state index contributed by atoms with van der Waals surface area (Å²) >= 11 is 0. The van der Waals surface area contributed by atoms with Gasteiger partial charge in [0.25, 0.3) is 0 Å². The first kappa shape index (κ1) is 105. The minimum atomic E-state index is -0.894. The predicted molar refractivity (Wildman–Crippen MR) is 450 cm³/mol. The van der Waals surface area contributed by atoms with Crippen molar-refractivity contribution in [3.8, 4) is 0 Å². The minimum Gasteiger partial charge on any atom is -0.550 e. The van der Waals surface area contributed by atoms with E-state index in [0.717, 1.165) is 38.8 Å². The molecular formula is C94H188CaN2O4. The Balaban J connectivity index is -0.00000188. The second-order valence-electron chi connectivity index (χ2n) is 32.8. The van der Waals surface area contributed by atoms with Gasteiger partial charge in [0.1, 0.15) is 0 Å². The van der Waals surface area contributed by atoms with E-state index in [2.05, 4.69) is 37.5 Å². The number of nitrogens with zero attached hydrogens (tertiary/aromatic N) is 2. The molecule has 101 heavy (non-hydrogen) atoms. The quantitative estimate of drug-likeness (QED) is 0.0445. The van der Waals surface area contributed by atoms with Crippen molar-refractivity contribution in [2.75, 3.05) is 39.3 Å². The zero-order chi connectivity index (χ0) is 72.5. The fourth-order valence-electron chi connectivity index (χ4n) is 15.5. The zero-order valence-electron chi connectivity index (χ0n) is 70.5. The van der Waals surface area contributed by atoms with Crippen LogP contribution in [0.4, 0.5) is 0 Å². The maximum absolute atomic E-state index is 10.8. The summed E-state index contributed by atoms with van der Waals surface area (Å²) in [6.45, 7) is 16.1. The number of carbonyl (C=O) groups is 2. The fraction of sp³-hybridized carbons (Fsp3) is 0.979. The van der Waals surface area contributed by atoms with Gasteiger partial charge in [-0.15, -0.1) is 0 Å². The molecule has 0 saturated carbocycles. The van der Waals surface area contributed by atoms with Gasteiger partial charge in [-0.3, -0.25) is 0 Å². The van der Waals surface area contributed by atoms with E-state index < -0.39 is 11.9 Å². The first-order valence-electron chi connectivity index (χ1n) is 47.2. The van der Waals surface area contributed by atoms with E-state index in [1.165, 1.54) is 514 Å². The normalized spacial score (nSPS) is 11.5. The molecule has 0 aromatic carbocycles. The van der Waals surface area contributed by atoms with Crippen molar-refractivity contribution in [3.63, 3.8) is 0 Å². The summed E-state index contributed by atoms with van der Waals surface area (Å²) in [4.78, 5) is 27.0. The van der Waals surface area contributed by atoms with Crippen LogP contribution in [0.3, 0.4) is 0 Å². The molecule has 6 nitrogen and oxygen atoms in total. The maximum atomic E-state index is 10.8. The molecule has 600 valence electrons. The van der Waals surface area contributed by atoms with Crippen molar-refractivity contribution in [3.05, 3.63) is 0 Å². The van der Waals surface area contributed by atoms with Gasteiger partial charge >= 0.3 is 37.7 Å². The van der Waals surface area contributed by atoms with Crippen molar-refractivity contribution >= 4 is 49.7 Å². The van der Waals surface area contributed by atoms with Crippen LogP contribution in [0, 0.1) is 0 Å². The maximum Gasteiger partial charge on any atom is 2.00 e. The minimum absolute atomic E-state index is 0. The molecule has 0 bridgehead atoms. The summed E-state index contributed by atoms with van der Waals surface area (Å²) in [7, 11) is 0. The van der Waals surface area contributed by atoms with Crippen LogP contribution < -0.4 is 10.2 Å². The second kappa shape index (κ2) is 98.1. The monoisotopic (exact) mass is 1450 g/mol. The van der Waals surface area contributed by atoms with Crippen LogP contribution >= 0.6 is 0 Å². The Morgan fingerprint density at radius 1 is 0.158 bits per heavy atom. The predicted octanol–water partition coefficient (Wildman–Crippen LogP) is 29.8. The molecule has 0 spiro atoms. The Morgan fingerprint density at radius 3 is 0.347 bits per heavy atom. The molecule has 7 heteroatoms. The number of hydrogen-bond acceptors (Lipinski definition) is 6. The summed E-state index contributed by atoms with van der Waals surface area (Å²) in [6, 6.07) is 0. The summed E-state index contributed by atoms with van der Waals surface area (Å²) in [6.07, 6.45) is 112. The first-order chi connectivity index (χ1) is 49.4. The number of carboxylic acid groups (broad SMARTS) is 2. The van der Waals surface area contributed by atoms with E-state index in [9.17, 15) is 19.8 Å². The van der Waals surface area contributed by atoms with Gasteiger partial charge in [0.05, 0.1) is 0 Å². The number of hydrogen-bond donors (Lipinski definition) is 0.